The Hall–Kier alpha value is -2.73. The molecule has 0 aliphatic rings. The number of hydrogen-bond acceptors (Lipinski definition) is 4. The summed E-state index contributed by atoms with van der Waals surface area (Å²) in [5.74, 6) is 0.217. The van der Waals surface area contributed by atoms with E-state index in [1.54, 1.807) is 7.05 Å². The van der Waals surface area contributed by atoms with Gasteiger partial charge in [-0.25, -0.2) is 0 Å². The highest BCUT2D eigenvalue weighted by Crippen LogP contribution is 2.04. The maximum Gasteiger partial charge on any atom is 0.188 e. The molecule has 0 radical (unpaired) electrons. The van der Waals surface area contributed by atoms with E-state index in [0.29, 0.717) is 38.9 Å². The van der Waals surface area contributed by atoms with E-state index < -0.39 is 0 Å². The molecule has 0 rings (SSSR count). The summed E-state index contributed by atoms with van der Waals surface area (Å²) in [7, 11) is 1.62. The van der Waals surface area contributed by atoms with Crippen molar-refractivity contribution < 1.29 is 14.3 Å². The fourth-order valence-electron chi connectivity index (χ4n) is 3.18. The highest BCUT2D eigenvalue weighted by atomic mass is 16.5. The molecule has 6 nitrogen and oxygen atoms in total. The average molecular weight is 500 g/mol. The van der Waals surface area contributed by atoms with Crippen molar-refractivity contribution >= 4 is 17.5 Å². The number of ether oxygens (including phenoxy) is 1. The fraction of sp³-hybridized carbons (Fsp3) is 0.567. The smallest absolute Gasteiger partial charge is 0.188 e. The lowest BCUT2D eigenvalue weighted by Crippen LogP contribution is -2.36. The molecule has 0 aliphatic heterocycles. The van der Waals surface area contributed by atoms with Crippen molar-refractivity contribution in [1.29, 1.82) is 5.41 Å². The van der Waals surface area contributed by atoms with Crippen LogP contribution in [-0.2, 0) is 14.3 Å². The van der Waals surface area contributed by atoms with Crippen LogP contribution in [0.3, 0.4) is 0 Å². The Bertz CT molecular complexity index is 736. The Morgan fingerprint density at radius 2 is 1.17 bits per heavy atom. The molecule has 3 N–H and O–H groups in total. The lowest BCUT2D eigenvalue weighted by molar-refractivity contribution is -0.120. The predicted octanol–water partition coefficient (Wildman–Crippen LogP) is 6.45. The van der Waals surface area contributed by atoms with Gasteiger partial charge < -0.3 is 15.4 Å². The number of carbonyl (C=O) groups excluding carboxylic acids is 2. The minimum atomic E-state index is -0.109. The quantitative estimate of drug-likeness (QED) is 0.0729. The lowest BCUT2D eigenvalue weighted by Gasteiger charge is -2.15. The van der Waals surface area contributed by atoms with Gasteiger partial charge in [0.2, 0.25) is 0 Å². The average Bonchev–Trinajstić information content (AvgIpc) is 2.85. The van der Waals surface area contributed by atoms with Crippen LogP contribution in [0.15, 0.2) is 60.8 Å². The second-order valence-corrected chi connectivity index (χ2v) is 8.74. The summed E-state index contributed by atoms with van der Waals surface area (Å²) in [5, 5.41) is 7.24. The standard InChI is InChI=1S/C30H49N3O3/c1-3-4-5-6-7-8-9-10-11-12-13-14-15-16-17-18-19-22-28(34)23-20-25-36-26-21-24-29(35)27-33(2)30(31)32/h4-5,7-8,10-11,13-14,16-17H,3,6,9,12,15,18-27H2,1-2H3,(H3,31,32)/b5-4-,8-7-,11-10-,14-13-,17-16-. The molecule has 0 heterocycles. The first-order chi connectivity index (χ1) is 17.5. The molecule has 0 unspecified atom stereocenters. The molecule has 202 valence electrons. The minimum Gasteiger partial charge on any atom is -0.381 e. The molecule has 6 heteroatoms. The monoisotopic (exact) mass is 499 g/mol. The number of Topliss-reactive ketones (excluding diaryl/α,β-unsaturated/α-hetero) is 2. The van der Waals surface area contributed by atoms with Crippen LogP contribution in [0.5, 0.6) is 0 Å². The predicted molar refractivity (Wildman–Crippen MR) is 152 cm³/mol. The molecule has 0 saturated carbocycles. The number of nitrogens with zero attached hydrogens (tertiary/aromatic N) is 1. The summed E-state index contributed by atoms with van der Waals surface area (Å²) in [6, 6.07) is 0. The molecule has 0 fully saturated rings. The van der Waals surface area contributed by atoms with Crippen molar-refractivity contribution in [3.63, 3.8) is 0 Å². The van der Waals surface area contributed by atoms with Gasteiger partial charge in [0.05, 0.1) is 6.54 Å². The summed E-state index contributed by atoms with van der Waals surface area (Å²) in [6.07, 6.45) is 31.6. The molecule has 0 bridgehead atoms. The Morgan fingerprint density at radius 1 is 0.722 bits per heavy atom. The van der Waals surface area contributed by atoms with Gasteiger partial charge >= 0.3 is 0 Å². The van der Waals surface area contributed by atoms with Crippen molar-refractivity contribution in [2.24, 2.45) is 5.73 Å². The van der Waals surface area contributed by atoms with Gasteiger partial charge in [0, 0.05) is 39.5 Å². The van der Waals surface area contributed by atoms with Gasteiger partial charge in [-0.05, 0) is 57.8 Å². The zero-order valence-electron chi connectivity index (χ0n) is 22.6. The van der Waals surface area contributed by atoms with Gasteiger partial charge in [-0.3, -0.25) is 15.0 Å². The Kier molecular flexibility index (Phi) is 23.4. The highest BCUT2D eigenvalue weighted by Gasteiger charge is 2.07. The highest BCUT2D eigenvalue weighted by molar-refractivity contribution is 5.85. The maximum atomic E-state index is 12.0. The van der Waals surface area contributed by atoms with Gasteiger partial charge in [-0.15, -0.1) is 0 Å². The normalized spacial score (nSPS) is 12.2. The molecule has 0 aromatic rings. The summed E-state index contributed by atoms with van der Waals surface area (Å²) >= 11 is 0. The zero-order valence-corrected chi connectivity index (χ0v) is 22.6. The molecule has 0 spiro atoms. The van der Waals surface area contributed by atoms with Crippen LogP contribution in [0.4, 0.5) is 0 Å². The van der Waals surface area contributed by atoms with Crippen molar-refractivity contribution in [2.45, 2.75) is 84.0 Å². The summed E-state index contributed by atoms with van der Waals surface area (Å²) < 4.78 is 5.51. The maximum absolute atomic E-state index is 12.0. The number of guanidine groups is 1. The zero-order chi connectivity index (χ0) is 26.7. The van der Waals surface area contributed by atoms with E-state index in [9.17, 15) is 9.59 Å². The number of rotatable bonds is 23. The van der Waals surface area contributed by atoms with Crippen LogP contribution in [0.2, 0.25) is 0 Å². The van der Waals surface area contributed by atoms with Crippen molar-refractivity contribution in [3.8, 4) is 0 Å². The first-order valence-corrected chi connectivity index (χ1v) is 13.4. The number of nitrogens with one attached hydrogen (secondary N) is 1. The summed E-state index contributed by atoms with van der Waals surface area (Å²) in [6.45, 7) is 3.35. The van der Waals surface area contributed by atoms with Crippen molar-refractivity contribution in [1.82, 2.24) is 4.90 Å². The second-order valence-electron chi connectivity index (χ2n) is 8.74. The van der Waals surface area contributed by atoms with E-state index in [2.05, 4.69) is 67.7 Å². The van der Waals surface area contributed by atoms with Gasteiger partial charge in [-0.2, -0.15) is 0 Å². The molecular weight excluding hydrogens is 450 g/mol. The Morgan fingerprint density at radius 3 is 1.67 bits per heavy atom. The minimum absolute atomic E-state index is 0.0407. The van der Waals surface area contributed by atoms with Gasteiger partial charge in [0.25, 0.3) is 0 Å². The summed E-state index contributed by atoms with van der Waals surface area (Å²) in [5.41, 5.74) is 5.31. The van der Waals surface area contributed by atoms with Gasteiger partial charge in [-0.1, -0.05) is 67.7 Å². The van der Waals surface area contributed by atoms with E-state index in [-0.39, 0.29) is 24.1 Å². The Labute approximate surface area is 219 Å². The SMILES string of the molecule is CC/C=C\C/C=C\C/C=C\C/C=C\C/C=C\CCCC(=O)CCCOCCCC(=O)CN(C)C(=N)N. The Balaban J connectivity index is 3.54. The van der Waals surface area contributed by atoms with Crippen LogP contribution in [0, 0.1) is 5.41 Å². The third-order valence-electron chi connectivity index (χ3n) is 5.30. The molecule has 0 amide bonds. The molecule has 0 aromatic carbocycles. The number of nitrogens with two attached hydrogens (primary N) is 1. The fourth-order valence-corrected chi connectivity index (χ4v) is 3.18. The van der Waals surface area contributed by atoms with E-state index in [1.807, 2.05) is 0 Å². The molecule has 36 heavy (non-hydrogen) atoms. The third kappa shape index (κ3) is 24.4. The topological polar surface area (TPSA) is 96.5 Å². The first kappa shape index (κ1) is 33.3. The third-order valence-corrected chi connectivity index (χ3v) is 5.30. The number of hydrogen-bond donors (Lipinski definition) is 2. The number of likely N-dealkylation sites (N-methyl/N-ethyl adjacent to an activating group) is 1. The molecular formula is C30H49N3O3. The van der Waals surface area contributed by atoms with E-state index in [1.165, 1.54) is 4.90 Å². The van der Waals surface area contributed by atoms with E-state index >= 15 is 0 Å². The number of allylic oxidation sites excluding steroid dienone is 10. The molecule has 0 aromatic heterocycles. The molecule has 0 aliphatic carbocycles. The number of unbranched alkanes of at least 4 members (excludes halogenated alkanes) is 1. The van der Waals surface area contributed by atoms with Gasteiger partial charge in [0.15, 0.2) is 11.7 Å². The second kappa shape index (κ2) is 25.4. The first-order valence-electron chi connectivity index (χ1n) is 13.4. The van der Waals surface area contributed by atoms with Crippen molar-refractivity contribution in [2.75, 3.05) is 26.8 Å². The number of ketones is 2. The van der Waals surface area contributed by atoms with Crippen LogP contribution >= 0.6 is 0 Å². The molecule has 0 saturated heterocycles. The van der Waals surface area contributed by atoms with Crippen LogP contribution in [0.25, 0.3) is 0 Å². The van der Waals surface area contributed by atoms with Crippen molar-refractivity contribution in [3.05, 3.63) is 60.8 Å². The number of carbonyl (C=O) groups is 2. The van der Waals surface area contributed by atoms with Crippen LogP contribution in [0.1, 0.15) is 84.0 Å². The largest absolute Gasteiger partial charge is 0.381 e. The van der Waals surface area contributed by atoms with Crippen LogP contribution in [-0.4, -0.2) is 49.2 Å². The van der Waals surface area contributed by atoms with E-state index in [0.717, 1.165) is 51.4 Å². The molecule has 0 atom stereocenters. The van der Waals surface area contributed by atoms with E-state index in [4.69, 9.17) is 15.9 Å². The van der Waals surface area contributed by atoms with Crippen LogP contribution < -0.4 is 5.73 Å². The lowest BCUT2D eigenvalue weighted by atomic mass is 10.1. The summed E-state index contributed by atoms with van der Waals surface area (Å²) in [4.78, 5) is 25.1. The van der Waals surface area contributed by atoms with Gasteiger partial charge in [0.1, 0.15) is 5.78 Å².